The Kier molecular flexibility index (Phi) is 5.59. The van der Waals surface area contributed by atoms with Gasteiger partial charge in [-0.15, -0.1) is 0 Å². The van der Waals surface area contributed by atoms with Gasteiger partial charge in [0.2, 0.25) is 0 Å². The van der Waals surface area contributed by atoms with Crippen LogP contribution in [0.3, 0.4) is 0 Å². The highest BCUT2D eigenvalue weighted by atomic mass is 79.9. The number of carbonyl (C=O) groups excluding carboxylic acids is 1. The fourth-order valence-electron chi connectivity index (χ4n) is 1.53. The van der Waals surface area contributed by atoms with Crippen LogP contribution in [0.5, 0.6) is 0 Å². The fraction of sp³-hybridized carbons (Fsp3) is 0.417. The molecule has 0 saturated heterocycles. The lowest BCUT2D eigenvalue weighted by molar-refractivity contribution is 0.0719. The summed E-state index contributed by atoms with van der Waals surface area (Å²) >= 11 is 6.50. The van der Waals surface area contributed by atoms with Crippen molar-refractivity contribution in [2.24, 2.45) is 0 Å². The number of carbonyl (C=O) groups is 1. The maximum atomic E-state index is 13.2. The molecule has 0 aliphatic rings. The number of hydrogen-bond acceptors (Lipinski definition) is 1. The zero-order valence-corrected chi connectivity index (χ0v) is 12.9. The predicted molar refractivity (Wildman–Crippen MR) is 74.1 cm³/mol. The Morgan fingerprint density at radius 1 is 1.41 bits per heavy atom. The summed E-state index contributed by atoms with van der Waals surface area (Å²) in [4.78, 5) is 13.9. The number of benzene rings is 1. The van der Waals surface area contributed by atoms with Crippen LogP contribution in [0.2, 0.25) is 0 Å². The van der Waals surface area contributed by atoms with Gasteiger partial charge in [0.25, 0.3) is 5.91 Å². The third kappa shape index (κ3) is 4.07. The van der Waals surface area contributed by atoms with Crippen LogP contribution in [-0.4, -0.2) is 28.7 Å². The normalized spacial score (nSPS) is 10.7. The van der Waals surface area contributed by atoms with Crippen LogP contribution in [0.15, 0.2) is 22.7 Å². The topological polar surface area (TPSA) is 20.3 Å². The minimum atomic E-state index is -0.412. The highest BCUT2D eigenvalue weighted by molar-refractivity contribution is 9.10. The first-order valence-corrected chi connectivity index (χ1v) is 7.20. The molecule has 0 heterocycles. The van der Waals surface area contributed by atoms with Crippen molar-refractivity contribution in [2.75, 3.05) is 11.9 Å². The van der Waals surface area contributed by atoms with E-state index in [4.69, 9.17) is 0 Å². The van der Waals surface area contributed by atoms with Gasteiger partial charge in [-0.1, -0.05) is 31.9 Å². The van der Waals surface area contributed by atoms with E-state index in [-0.39, 0.29) is 11.9 Å². The molecule has 0 fully saturated rings. The second kappa shape index (κ2) is 6.50. The predicted octanol–water partition coefficient (Wildman–Crippen LogP) is 3.83. The van der Waals surface area contributed by atoms with Crippen molar-refractivity contribution < 1.29 is 9.18 Å². The Labute approximate surface area is 117 Å². The van der Waals surface area contributed by atoms with Crippen molar-refractivity contribution in [1.82, 2.24) is 4.90 Å². The van der Waals surface area contributed by atoms with Crippen molar-refractivity contribution in [3.63, 3.8) is 0 Å². The van der Waals surface area contributed by atoms with E-state index in [0.29, 0.717) is 21.9 Å². The molecule has 0 spiro atoms. The van der Waals surface area contributed by atoms with Crippen LogP contribution in [0.1, 0.15) is 24.2 Å². The number of halogens is 3. The van der Waals surface area contributed by atoms with E-state index in [9.17, 15) is 9.18 Å². The summed E-state index contributed by atoms with van der Waals surface area (Å²) in [6.45, 7) is 4.48. The number of rotatable bonds is 4. The van der Waals surface area contributed by atoms with E-state index >= 15 is 0 Å². The Bertz CT molecular complexity index is 389. The Hall–Kier alpha value is -0.420. The molecule has 0 saturated carbocycles. The molecule has 0 radical (unpaired) electrons. The number of nitrogens with zero attached hydrogens (tertiary/aromatic N) is 1. The maximum Gasteiger partial charge on any atom is 0.254 e. The first-order valence-electron chi connectivity index (χ1n) is 5.28. The molecule has 0 aliphatic heterocycles. The summed E-state index contributed by atoms with van der Waals surface area (Å²) in [6, 6.07) is 4.31. The van der Waals surface area contributed by atoms with Crippen LogP contribution < -0.4 is 0 Å². The van der Waals surface area contributed by atoms with Crippen LogP contribution in [0.4, 0.5) is 4.39 Å². The van der Waals surface area contributed by atoms with Gasteiger partial charge in [-0.25, -0.2) is 4.39 Å². The highest BCUT2D eigenvalue weighted by Crippen LogP contribution is 2.17. The highest BCUT2D eigenvalue weighted by Gasteiger charge is 2.18. The van der Waals surface area contributed by atoms with Crippen LogP contribution in [0, 0.1) is 5.82 Å². The van der Waals surface area contributed by atoms with E-state index in [1.165, 1.54) is 12.1 Å². The molecule has 0 atom stereocenters. The lowest BCUT2D eigenvalue weighted by Crippen LogP contribution is -2.38. The standard InChI is InChI=1S/C12H14Br2FNO/c1-8(2)16(4-3-13)12(17)9-5-10(14)7-11(15)6-9/h5-8H,3-4H2,1-2H3. The average molecular weight is 367 g/mol. The van der Waals surface area contributed by atoms with Crippen molar-refractivity contribution in [3.8, 4) is 0 Å². The van der Waals surface area contributed by atoms with Crippen LogP contribution >= 0.6 is 31.9 Å². The zero-order valence-electron chi connectivity index (χ0n) is 9.71. The molecule has 0 aromatic heterocycles. The molecule has 17 heavy (non-hydrogen) atoms. The number of hydrogen-bond donors (Lipinski definition) is 0. The van der Waals surface area contributed by atoms with Crippen molar-refractivity contribution in [1.29, 1.82) is 0 Å². The van der Waals surface area contributed by atoms with Crippen molar-refractivity contribution in [2.45, 2.75) is 19.9 Å². The molecule has 1 rings (SSSR count). The smallest absolute Gasteiger partial charge is 0.254 e. The number of amides is 1. The molecule has 0 N–H and O–H groups in total. The van der Waals surface area contributed by atoms with Gasteiger partial charge in [-0.05, 0) is 32.0 Å². The quantitative estimate of drug-likeness (QED) is 0.741. The van der Waals surface area contributed by atoms with Crippen LogP contribution in [-0.2, 0) is 0 Å². The Morgan fingerprint density at radius 2 is 2.06 bits per heavy atom. The first kappa shape index (κ1) is 14.6. The summed E-state index contributed by atoms with van der Waals surface area (Å²) in [5, 5.41) is 0.702. The maximum absolute atomic E-state index is 13.2. The van der Waals surface area contributed by atoms with E-state index < -0.39 is 5.82 Å². The van der Waals surface area contributed by atoms with Crippen molar-refractivity contribution in [3.05, 3.63) is 34.1 Å². The first-order chi connectivity index (χ1) is 7.95. The molecule has 0 unspecified atom stereocenters. The molecule has 94 valence electrons. The van der Waals surface area contributed by atoms with Crippen LogP contribution in [0.25, 0.3) is 0 Å². The van der Waals surface area contributed by atoms with Gasteiger partial charge in [0, 0.05) is 28.0 Å². The van der Waals surface area contributed by atoms with Gasteiger partial charge in [-0.3, -0.25) is 4.79 Å². The van der Waals surface area contributed by atoms with Gasteiger partial charge in [0.15, 0.2) is 0 Å². The second-order valence-electron chi connectivity index (χ2n) is 3.94. The molecular weight excluding hydrogens is 353 g/mol. The largest absolute Gasteiger partial charge is 0.335 e. The monoisotopic (exact) mass is 365 g/mol. The number of alkyl halides is 1. The SMILES string of the molecule is CC(C)N(CCBr)C(=O)c1cc(F)cc(Br)c1. The minimum absolute atomic E-state index is 0.0853. The van der Waals surface area contributed by atoms with E-state index in [1.807, 2.05) is 13.8 Å². The van der Waals surface area contributed by atoms with E-state index in [0.717, 1.165) is 0 Å². The zero-order chi connectivity index (χ0) is 13.0. The molecule has 1 amide bonds. The minimum Gasteiger partial charge on any atom is -0.335 e. The molecule has 2 nitrogen and oxygen atoms in total. The Balaban J connectivity index is 3.00. The van der Waals surface area contributed by atoms with Gasteiger partial charge >= 0.3 is 0 Å². The van der Waals surface area contributed by atoms with Gasteiger partial charge in [0.05, 0.1) is 0 Å². The molecule has 5 heteroatoms. The second-order valence-corrected chi connectivity index (χ2v) is 5.65. The summed E-state index contributed by atoms with van der Waals surface area (Å²) < 4.78 is 13.8. The summed E-state index contributed by atoms with van der Waals surface area (Å²) in [5.74, 6) is -0.565. The molecule has 0 aliphatic carbocycles. The van der Waals surface area contributed by atoms with Gasteiger partial charge in [-0.2, -0.15) is 0 Å². The summed E-state index contributed by atoms with van der Waals surface area (Å²) in [6.07, 6.45) is 0. The fourth-order valence-corrected chi connectivity index (χ4v) is 2.38. The van der Waals surface area contributed by atoms with E-state index in [1.54, 1.807) is 11.0 Å². The molecule has 1 aromatic carbocycles. The third-order valence-electron chi connectivity index (χ3n) is 2.32. The molecular formula is C12H14Br2FNO. The third-order valence-corrected chi connectivity index (χ3v) is 3.13. The van der Waals surface area contributed by atoms with Gasteiger partial charge in [0.1, 0.15) is 5.82 Å². The summed E-state index contributed by atoms with van der Waals surface area (Å²) in [5.41, 5.74) is 0.367. The van der Waals surface area contributed by atoms with E-state index in [2.05, 4.69) is 31.9 Å². The Morgan fingerprint density at radius 3 is 2.53 bits per heavy atom. The summed E-state index contributed by atoms with van der Waals surface area (Å²) in [7, 11) is 0. The molecule has 0 bridgehead atoms. The molecule has 1 aromatic rings. The lowest BCUT2D eigenvalue weighted by atomic mass is 10.1. The lowest BCUT2D eigenvalue weighted by Gasteiger charge is -2.26. The van der Waals surface area contributed by atoms with Gasteiger partial charge < -0.3 is 4.90 Å². The van der Waals surface area contributed by atoms with Crippen molar-refractivity contribution >= 4 is 37.8 Å². The average Bonchev–Trinajstić information content (AvgIpc) is 2.23.